The Hall–Kier alpha value is -2.75. The number of nitrogens with zero attached hydrogens (tertiary/aromatic N) is 1. The summed E-state index contributed by atoms with van der Waals surface area (Å²) in [6.07, 6.45) is 1.82. The van der Waals surface area contributed by atoms with E-state index in [9.17, 15) is 14.4 Å². The Balaban J connectivity index is 1.48. The van der Waals surface area contributed by atoms with E-state index in [1.54, 1.807) is 4.90 Å². The van der Waals surface area contributed by atoms with Gasteiger partial charge < -0.3 is 4.90 Å². The standard InChI is InChI=1S/C24H27NO3/c1-17-8-9-21(16-18(17)2)22(26)10-11-23(27)25-14-12-20(13-15-25)24(28)19-6-4-3-5-7-19/h3-9,16,20H,10-15H2,1-2H3. The highest BCUT2D eigenvalue weighted by atomic mass is 16.2. The second kappa shape index (κ2) is 8.96. The van der Waals surface area contributed by atoms with Crippen LogP contribution in [-0.2, 0) is 4.79 Å². The first-order valence-electron chi connectivity index (χ1n) is 9.93. The van der Waals surface area contributed by atoms with Gasteiger partial charge in [0.05, 0.1) is 0 Å². The van der Waals surface area contributed by atoms with Crippen LogP contribution in [0.2, 0.25) is 0 Å². The number of carbonyl (C=O) groups is 3. The van der Waals surface area contributed by atoms with Gasteiger partial charge in [-0.25, -0.2) is 0 Å². The lowest BCUT2D eigenvalue weighted by Gasteiger charge is -2.31. The predicted octanol–water partition coefficient (Wildman–Crippen LogP) is 4.39. The third-order valence-corrected chi connectivity index (χ3v) is 5.67. The zero-order valence-electron chi connectivity index (χ0n) is 16.6. The van der Waals surface area contributed by atoms with Crippen LogP contribution in [0, 0.1) is 19.8 Å². The molecule has 0 aliphatic carbocycles. The largest absolute Gasteiger partial charge is 0.343 e. The molecular formula is C24H27NO3. The van der Waals surface area contributed by atoms with Gasteiger partial charge >= 0.3 is 0 Å². The van der Waals surface area contributed by atoms with Gasteiger partial charge in [0.1, 0.15) is 0 Å². The minimum absolute atomic E-state index is 0.00259. The summed E-state index contributed by atoms with van der Waals surface area (Å²) in [5.41, 5.74) is 3.65. The summed E-state index contributed by atoms with van der Waals surface area (Å²) >= 11 is 0. The lowest BCUT2D eigenvalue weighted by atomic mass is 9.88. The van der Waals surface area contributed by atoms with Crippen LogP contribution in [-0.4, -0.2) is 35.5 Å². The Morgan fingerprint density at radius 2 is 1.54 bits per heavy atom. The van der Waals surface area contributed by atoms with Gasteiger partial charge in [-0.05, 0) is 43.9 Å². The van der Waals surface area contributed by atoms with Crippen LogP contribution >= 0.6 is 0 Å². The number of piperidine rings is 1. The smallest absolute Gasteiger partial charge is 0.223 e. The fraction of sp³-hybridized carbons (Fsp3) is 0.375. The van der Waals surface area contributed by atoms with Gasteiger partial charge in [0, 0.05) is 43.0 Å². The number of aryl methyl sites for hydroxylation is 2. The van der Waals surface area contributed by atoms with E-state index in [0.29, 0.717) is 31.5 Å². The van der Waals surface area contributed by atoms with Crippen molar-refractivity contribution < 1.29 is 14.4 Å². The highest BCUT2D eigenvalue weighted by Crippen LogP contribution is 2.22. The van der Waals surface area contributed by atoms with Crippen molar-refractivity contribution >= 4 is 17.5 Å². The van der Waals surface area contributed by atoms with Crippen molar-refractivity contribution in [2.75, 3.05) is 13.1 Å². The van der Waals surface area contributed by atoms with Gasteiger partial charge in [-0.2, -0.15) is 0 Å². The van der Waals surface area contributed by atoms with Crippen molar-refractivity contribution in [3.05, 3.63) is 70.8 Å². The molecule has 3 rings (SSSR count). The monoisotopic (exact) mass is 377 g/mol. The molecule has 0 aromatic heterocycles. The number of benzene rings is 2. The Labute approximate surface area is 166 Å². The lowest BCUT2D eigenvalue weighted by Crippen LogP contribution is -2.40. The zero-order chi connectivity index (χ0) is 20.1. The summed E-state index contributed by atoms with van der Waals surface area (Å²) in [6, 6.07) is 15.0. The van der Waals surface area contributed by atoms with Crippen LogP contribution in [0.3, 0.4) is 0 Å². The first-order chi connectivity index (χ1) is 13.5. The summed E-state index contributed by atoms with van der Waals surface area (Å²) in [5.74, 6) is 0.148. The number of likely N-dealkylation sites (tertiary alicyclic amines) is 1. The van der Waals surface area contributed by atoms with Gasteiger partial charge in [0.2, 0.25) is 5.91 Å². The van der Waals surface area contributed by atoms with E-state index in [0.717, 1.165) is 16.7 Å². The molecule has 0 unspecified atom stereocenters. The molecule has 0 saturated carbocycles. The zero-order valence-corrected chi connectivity index (χ0v) is 16.6. The Morgan fingerprint density at radius 3 is 2.18 bits per heavy atom. The summed E-state index contributed by atoms with van der Waals surface area (Å²) in [7, 11) is 0. The van der Waals surface area contributed by atoms with Gasteiger partial charge in [-0.1, -0.05) is 42.5 Å². The molecule has 1 aliphatic rings. The number of carbonyl (C=O) groups excluding carboxylic acids is 3. The van der Waals surface area contributed by atoms with Crippen molar-refractivity contribution in [2.45, 2.75) is 39.5 Å². The third-order valence-electron chi connectivity index (χ3n) is 5.67. The van der Waals surface area contributed by atoms with Crippen LogP contribution in [0.15, 0.2) is 48.5 Å². The van der Waals surface area contributed by atoms with E-state index in [1.165, 1.54) is 0 Å². The topological polar surface area (TPSA) is 54.5 Å². The molecule has 0 N–H and O–H groups in total. The van der Waals surface area contributed by atoms with E-state index in [-0.39, 0.29) is 36.2 Å². The normalized spacial score (nSPS) is 14.7. The molecule has 1 aliphatic heterocycles. The minimum Gasteiger partial charge on any atom is -0.343 e. The number of hydrogen-bond acceptors (Lipinski definition) is 3. The molecule has 0 bridgehead atoms. The van der Waals surface area contributed by atoms with E-state index in [4.69, 9.17) is 0 Å². The number of rotatable bonds is 6. The van der Waals surface area contributed by atoms with Crippen molar-refractivity contribution in [3.63, 3.8) is 0 Å². The molecule has 1 amide bonds. The number of ketones is 2. The number of hydrogen-bond donors (Lipinski definition) is 0. The molecule has 0 radical (unpaired) electrons. The third kappa shape index (κ3) is 4.75. The van der Waals surface area contributed by atoms with Gasteiger partial charge in [0.15, 0.2) is 11.6 Å². The fourth-order valence-corrected chi connectivity index (χ4v) is 3.67. The quantitative estimate of drug-likeness (QED) is 0.702. The van der Waals surface area contributed by atoms with Gasteiger partial charge in [-0.3, -0.25) is 14.4 Å². The maximum atomic E-state index is 12.6. The van der Waals surface area contributed by atoms with Gasteiger partial charge in [0.25, 0.3) is 0 Å². The Kier molecular flexibility index (Phi) is 6.40. The molecule has 1 heterocycles. The predicted molar refractivity (Wildman–Crippen MR) is 110 cm³/mol. The van der Waals surface area contributed by atoms with Gasteiger partial charge in [-0.15, -0.1) is 0 Å². The number of amides is 1. The van der Waals surface area contributed by atoms with Crippen LogP contribution < -0.4 is 0 Å². The molecule has 4 heteroatoms. The van der Waals surface area contributed by atoms with Crippen molar-refractivity contribution in [2.24, 2.45) is 5.92 Å². The molecule has 4 nitrogen and oxygen atoms in total. The van der Waals surface area contributed by atoms with Crippen molar-refractivity contribution in [1.82, 2.24) is 4.90 Å². The molecule has 2 aromatic carbocycles. The van der Waals surface area contributed by atoms with E-state index >= 15 is 0 Å². The molecule has 0 spiro atoms. The van der Waals surface area contributed by atoms with Crippen molar-refractivity contribution in [1.29, 1.82) is 0 Å². The first kappa shape index (κ1) is 20.0. The van der Waals surface area contributed by atoms with Crippen LogP contribution in [0.5, 0.6) is 0 Å². The second-order valence-electron chi connectivity index (χ2n) is 7.61. The van der Waals surface area contributed by atoms with E-state index in [2.05, 4.69) is 0 Å². The lowest BCUT2D eigenvalue weighted by molar-refractivity contribution is -0.132. The van der Waals surface area contributed by atoms with E-state index in [1.807, 2.05) is 62.4 Å². The highest BCUT2D eigenvalue weighted by molar-refractivity contribution is 5.99. The molecule has 28 heavy (non-hydrogen) atoms. The minimum atomic E-state index is -0.0244. The Morgan fingerprint density at radius 1 is 0.857 bits per heavy atom. The molecule has 1 saturated heterocycles. The maximum absolute atomic E-state index is 12.6. The van der Waals surface area contributed by atoms with E-state index < -0.39 is 0 Å². The second-order valence-corrected chi connectivity index (χ2v) is 7.61. The average molecular weight is 377 g/mol. The molecule has 2 aromatic rings. The SMILES string of the molecule is Cc1ccc(C(=O)CCC(=O)N2CCC(C(=O)c3ccccc3)CC2)cc1C. The average Bonchev–Trinajstić information content (AvgIpc) is 2.74. The summed E-state index contributed by atoms with van der Waals surface area (Å²) in [4.78, 5) is 39.2. The van der Waals surface area contributed by atoms with Crippen molar-refractivity contribution in [3.8, 4) is 0 Å². The maximum Gasteiger partial charge on any atom is 0.223 e. The summed E-state index contributed by atoms with van der Waals surface area (Å²) < 4.78 is 0. The molecule has 1 fully saturated rings. The van der Waals surface area contributed by atoms with Crippen LogP contribution in [0.25, 0.3) is 0 Å². The molecular weight excluding hydrogens is 350 g/mol. The summed E-state index contributed by atoms with van der Waals surface area (Å²) in [5, 5.41) is 0. The Bertz CT molecular complexity index is 865. The number of Topliss-reactive ketones (excluding diaryl/α,β-unsaturated/α-hetero) is 2. The van der Waals surface area contributed by atoms with Crippen LogP contribution in [0.1, 0.15) is 57.5 Å². The summed E-state index contributed by atoms with van der Waals surface area (Å²) in [6.45, 7) is 5.16. The van der Waals surface area contributed by atoms with Crippen LogP contribution in [0.4, 0.5) is 0 Å². The first-order valence-corrected chi connectivity index (χ1v) is 9.93. The molecule has 0 atom stereocenters. The fourth-order valence-electron chi connectivity index (χ4n) is 3.67. The molecule has 146 valence electrons. The highest BCUT2D eigenvalue weighted by Gasteiger charge is 2.28.